The van der Waals surface area contributed by atoms with Crippen molar-refractivity contribution < 1.29 is 13.9 Å². The minimum Gasteiger partial charge on any atom is -0.395 e. The van der Waals surface area contributed by atoms with Crippen LogP contribution in [0.3, 0.4) is 0 Å². The quantitative estimate of drug-likeness (QED) is 0.852. The smallest absolute Gasteiger partial charge is 0.130 e. The summed E-state index contributed by atoms with van der Waals surface area (Å²) in [5.74, 6) is -1.06. The van der Waals surface area contributed by atoms with E-state index >= 15 is 0 Å². The molecule has 2 nitrogen and oxygen atoms in total. The molecule has 1 aliphatic heterocycles. The van der Waals surface area contributed by atoms with E-state index in [0.29, 0.717) is 12.1 Å². The Morgan fingerprint density at radius 2 is 2.19 bits per heavy atom. The maximum Gasteiger partial charge on any atom is 0.130 e. The zero-order valence-electron chi connectivity index (χ0n) is 9.00. The Labute approximate surface area is 93.5 Å². The molecule has 0 saturated carbocycles. The average Bonchev–Trinajstić information content (AvgIpc) is 2.69. The Kier molecular flexibility index (Phi) is 3.51. The van der Waals surface area contributed by atoms with E-state index in [4.69, 9.17) is 5.11 Å². The number of halogens is 2. The van der Waals surface area contributed by atoms with E-state index in [1.807, 2.05) is 4.90 Å². The summed E-state index contributed by atoms with van der Waals surface area (Å²) in [7, 11) is 0. The Bertz CT molecular complexity index is 370. The van der Waals surface area contributed by atoms with Crippen molar-refractivity contribution in [3.05, 3.63) is 35.4 Å². The fraction of sp³-hybridized carbons (Fsp3) is 0.500. The maximum absolute atomic E-state index is 13.4. The summed E-state index contributed by atoms with van der Waals surface area (Å²) in [5, 5.41) is 9.13. The Hall–Kier alpha value is -1.00. The van der Waals surface area contributed by atoms with Crippen LogP contribution in [-0.4, -0.2) is 29.2 Å². The summed E-state index contributed by atoms with van der Waals surface area (Å²) in [5.41, 5.74) is 0.488. The average molecular weight is 227 g/mol. The standard InChI is InChI=1S/C12H15F2NO/c13-10-4-3-9(12(14)6-10)7-15-5-1-2-11(15)8-16/h3-4,6,11,16H,1-2,5,7-8H2/t11-/m1/s1. The first-order valence-electron chi connectivity index (χ1n) is 5.49. The molecule has 4 heteroatoms. The fourth-order valence-corrected chi connectivity index (χ4v) is 2.18. The SMILES string of the molecule is OC[C@H]1CCCN1Cc1ccc(F)cc1F. The molecule has 0 amide bonds. The molecule has 0 aliphatic carbocycles. The van der Waals surface area contributed by atoms with Crippen LogP contribution in [0.2, 0.25) is 0 Å². The normalized spacial score (nSPS) is 21.6. The Morgan fingerprint density at radius 1 is 1.38 bits per heavy atom. The largest absolute Gasteiger partial charge is 0.395 e. The second-order valence-corrected chi connectivity index (χ2v) is 4.18. The van der Waals surface area contributed by atoms with E-state index in [2.05, 4.69) is 0 Å². The van der Waals surface area contributed by atoms with Crippen molar-refractivity contribution in [3.63, 3.8) is 0 Å². The number of hydrogen-bond donors (Lipinski definition) is 1. The summed E-state index contributed by atoms with van der Waals surface area (Å²) < 4.78 is 26.1. The van der Waals surface area contributed by atoms with E-state index in [0.717, 1.165) is 25.5 Å². The van der Waals surface area contributed by atoms with Gasteiger partial charge >= 0.3 is 0 Å². The van der Waals surface area contributed by atoms with Gasteiger partial charge in [0.2, 0.25) is 0 Å². The molecule has 1 saturated heterocycles. The van der Waals surface area contributed by atoms with Crippen molar-refractivity contribution in [2.45, 2.75) is 25.4 Å². The van der Waals surface area contributed by atoms with Gasteiger partial charge < -0.3 is 5.11 Å². The first-order valence-corrected chi connectivity index (χ1v) is 5.49. The van der Waals surface area contributed by atoms with Gasteiger partial charge in [-0.05, 0) is 25.5 Å². The van der Waals surface area contributed by atoms with Gasteiger partial charge in [0.1, 0.15) is 11.6 Å². The molecule has 0 unspecified atom stereocenters. The molecule has 2 rings (SSSR count). The first kappa shape index (κ1) is 11.5. The second-order valence-electron chi connectivity index (χ2n) is 4.18. The Morgan fingerprint density at radius 3 is 2.88 bits per heavy atom. The molecule has 0 bridgehead atoms. The summed E-state index contributed by atoms with van der Waals surface area (Å²) in [6.07, 6.45) is 1.97. The van der Waals surface area contributed by atoms with Crippen LogP contribution in [0.15, 0.2) is 18.2 Å². The minimum absolute atomic E-state index is 0.100. The lowest BCUT2D eigenvalue weighted by molar-refractivity contribution is 0.152. The molecule has 16 heavy (non-hydrogen) atoms. The zero-order valence-corrected chi connectivity index (χ0v) is 9.00. The highest BCUT2D eigenvalue weighted by Gasteiger charge is 2.24. The molecule has 1 aromatic rings. The van der Waals surface area contributed by atoms with Crippen LogP contribution >= 0.6 is 0 Å². The number of benzene rings is 1. The van der Waals surface area contributed by atoms with Crippen molar-refractivity contribution in [2.75, 3.05) is 13.2 Å². The van der Waals surface area contributed by atoms with Crippen molar-refractivity contribution in [2.24, 2.45) is 0 Å². The Balaban J connectivity index is 2.08. The topological polar surface area (TPSA) is 23.5 Å². The molecule has 1 atom stereocenters. The molecule has 0 aromatic heterocycles. The lowest BCUT2D eigenvalue weighted by atomic mass is 10.1. The van der Waals surface area contributed by atoms with Gasteiger partial charge in [0, 0.05) is 24.2 Å². The summed E-state index contributed by atoms with van der Waals surface area (Å²) in [4.78, 5) is 2.04. The van der Waals surface area contributed by atoms with Gasteiger partial charge in [-0.1, -0.05) is 6.07 Å². The van der Waals surface area contributed by atoms with E-state index in [-0.39, 0.29) is 12.6 Å². The van der Waals surface area contributed by atoms with Crippen molar-refractivity contribution >= 4 is 0 Å². The summed E-state index contributed by atoms with van der Waals surface area (Å²) in [6, 6.07) is 3.75. The van der Waals surface area contributed by atoms with Crippen LogP contribution in [-0.2, 0) is 6.54 Å². The number of aliphatic hydroxyl groups excluding tert-OH is 1. The molecular weight excluding hydrogens is 212 g/mol. The highest BCUT2D eigenvalue weighted by atomic mass is 19.1. The first-order chi connectivity index (χ1) is 7.70. The third-order valence-corrected chi connectivity index (χ3v) is 3.10. The molecular formula is C12H15F2NO. The second kappa shape index (κ2) is 4.89. The van der Waals surface area contributed by atoms with Gasteiger partial charge in [0.05, 0.1) is 6.61 Å². The third kappa shape index (κ3) is 2.39. The van der Waals surface area contributed by atoms with E-state index in [1.54, 1.807) is 0 Å². The highest BCUT2D eigenvalue weighted by molar-refractivity contribution is 5.18. The van der Waals surface area contributed by atoms with Gasteiger partial charge in [0.15, 0.2) is 0 Å². The molecule has 0 spiro atoms. The van der Waals surface area contributed by atoms with Crippen LogP contribution in [0.25, 0.3) is 0 Å². The van der Waals surface area contributed by atoms with E-state index in [1.165, 1.54) is 12.1 Å². The predicted octanol–water partition coefficient (Wildman–Crippen LogP) is 1.92. The minimum atomic E-state index is -0.554. The number of likely N-dealkylation sites (tertiary alicyclic amines) is 1. The lowest BCUT2D eigenvalue weighted by Gasteiger charge is -2.22. The van der Waals surface area contributed by atoms with Gasteiger partial charge in [-0.2, -0.15) is 0 Å². The van der Waals surface area contributed by atoms with Gasteiger partial charge in [-0.25, -0.2) is 8.78 Å². The molecule has 1 aliphatic rings. The van der Waals surface area contributed by atoms with E-state index < -0.39 is 11.6 Å². The number of nitrogens with zero attached hydrogens (tertiary/aromatic N) is 1. The zero-order chi connectivity index (χ0) is 11.5. The van der Waals surface area contributed by atoms with Crippen molar-refractivity contribution in [1.29, 1.82) is 0 Å². The number of aliphatic hydroxyl groups is 1. The lowest BCUT2D eigenvalue weighted by Crippen LogP contribution is -2.31. The summed E-state index contributed by atoms with van der Waals surface area (Å²) >= 11 is 0. The predicted molar refractivity (Wildman–Crippen MR) is 56.9 cm³/mol. The molecule has 0 radical (unpaired) electrons. The van der Waals surface area contributed by atoms with Gasteiger partial charge in [-0.15, -0.1) is 0 Å². The van der Waals surface area contributed by atoms with Gasteiger partial charge in [0.25, 0.3) is 0 Å². The maximum atomic E-state index is 13.4. The highest BCUT2D eigenvalue weighted by Crippen LogP contribution is 2.21. The fourth-order valence-electron chi connectivity index (χ4n) is 2.18. The molecule has 1 fully saturated rings. The number of hydrogen-bond acceptors (Lipinski definition) is 2. The van der Waals surface area contributed by atoms with Crippen LogP contribution in [0.4, 0.5) is 8.78 Å². The van der Waals surface area contributed by atoms with Crippen molar-refractivity contribution in [3.8, 4) is 0 Å². The molecule has 88 valence electrons. The monoisotopic (exact) mass is 227 g/mol. The molecule has 1 aromatic carbocycles. The van der Waals surface area contributed by atoms with Gasteiger partial charge in [-0.3, -0.25) is 4.90 Å². The molecule has 1 N–H and O–H groups in total. The van der Waals surface area contributed by atoms with Crippen molar-refractivity contribution in [1.82, 2.24) is 4.90 Å². The van der Waals surface area contributed by atoms with Crippen LogP contribution in [0.5, 0.6) is 0 Å². The third-order valence-electron chi connectivity index (χ3n) is 3.10. The van der Waals surface area contributed by atoms with Crippen LogP contribution in [0, 0.1) is 11.6 Å². The summed E-state index contributed by atoms with van der Waals surface area (Å²) in [6.45, 7) is 1.40. The number of rotatable bonds is 3. The van der Waals surface area contributed by atoms with E-state index in [9.17, 15) is 8.78 Å². The molecule has 1 heterocycles. The van der Waals surface area contributed by atoms with Crippen LogP contribution in [0.1, 0.15) is 18.4 Å². The van der Waals surface area contributed by atoms with Crippen LogP contribution < -0.4 is 0 Å².